The van der Waals surface area contributed by atoms with Gasteiger partial charge in [-0.15, -0.1) is 0 Å². The van der Waals surface area contributed by atoms with Crippen LogP contribution in [0.3, 0.4) is 0 Å². The Kier molecular flexibility index (Phi) is 1.70. The molecule has 0 bridgehead atoms. The lowest BCUT2D eigenvalue weighted by Gasteiger charge is -2.21. The Balaban J connectivity index is 2.02. The smallest absolute Gasteiger partial charge is 0.166 e. The normalized spacial score (nSPS) is 16.3. The van der Waals surface area contributed by atoms with Crippen LogP contribution >= 0.6 is 0 Å². The summed E-state index contributed by atoms with van der Waals surface area (Å²) in [4.78, 5) is 1.97. The summed E-state index contributed by atoms with van der Waals surface area (Å²) in [7, 11) is 0. The minimum absolute atomic E-state index is 0.792. The first-order valence-corrected chi connectivity index (χ1v) is 5.86. The number of amidine groups is 1. The highest BCUT2D eigenvalue weighted by molar-refractivity contribution is 6.09. The van der Waals surface area contributed by atoms with E-state index in [2.05, 4.69) is 59.6 Å². The molecule has 2 aromatic carbocycles. The highest BCUT2D eigenvalue weighted by Gasteiger charge is 2.25. The lowest BCUT2D eigenvalue weighted by molar-refractivity contribution is 0.674. The molecule has 2 heterocycles. The minimum Gasteiger partial charge on any atom is -0.285 e. The molecule has 0 atom stereocenters. The maximum Gasteiger partial charge on any atom is 0.166 e. The zero-order chi connectivity index (χ0) is 12.1. The summed E-state index contributed by atoms with van der Waals surface area (Å²) in [5.41, 5.74) is 5.25. The molecule has 0 unspecified atom stereocenters. The zero-order valence-corrected chi connectivity index (χ0v) is 9.72. The Labute approximate surface area is 105 Å². The number of hydrogen-bond donors (Lipinski definition) is 1. The van der Waals surface area contributed by atoms with E-state index in [1.54, 1.807) is 0 Å². The van der Waals surface area contributed by atoms with Gasteiger partial charge in [0.15, 0.2) is 5.84 Å². The average molecular weight is 233 g/mol. The number of rotatable bonds is 0. The van der Waals surface area contributed by atoms with Gasteiger partial charge in [0.1, 0.15) is 5.82 Å². The van der Waals surface area contributed by atoms with Gasteiger partial charge in [0.2, 0.25) is 0 Å². The molecule has 2 aliphatic rings. The van der Waals surface area contributed by atoms with Crippen molar-refractivity contribution in [2.75, 3.05) is 0 Å². The monoisotopic (exact) mass is 233 g/mol. The van der Waals surface area contributed by atoms with Gasteiger partial charge < -0.3 is 0 Å². The summed E-state index contributed by atoms with van der Waals surface area (Å²) in [5.74, 6) is 1.71. The third kappa shape index (κ3) is 1.16. The number of hydrogen-bond acceptors (Lipinski definition) is 3. The van der Waals surface area contributed by atoms with Crippen LogP contribution in [0.1, 0.15) is 11.1 Å². The van der Waals surface area contributed by atoms with Crippen molar-refractivity contribution in [3.05, 3.63) is 66.1 Å². The minimum atomic E-state index is 0.792. The predicted octanol–water partition coefficient (Wildman–Crippen LogP) is 2.86. The van der Waals surface area contributed by atoms with E-state index in [0.29, 0.717) is 0 Å². The second-order valence-corrected chi connectivity index (χ2v) is 4.47. The molecule has 18 heavy (non-hydrogen) atoms. The number of nitrogens with zero attached hydrogens (tertiary/aromatic N) is 2. The van der Waals surface area contributed by atoms with E-state index in [4.69, 9.17) is 0 Å². The average Bonchev–Trinajstić information content (AvgIpc) is 2.78. The van der Waals surface area contributed by atoms with E-state index in [1.165, 1.54) is 16.3 Å². The molecule has 0 aromatic heterocycles. The van der Waals surface area contributed by atoms with Crippen LogP contribution in [0.25, 0.3) is 16.8 Å². The maximum absolute atomic E-state index is 4.33. The number of hydrazone groups is 1. The Morgan fingerprint density at radius 1 is 1.11 bits per heavy atom. The van der Waals surface area contributed by atoms with Crippen molar-refractivity contribution in [1.82, 2.24) is 10.3 Å². The fourth-order valence-corrected chi connectivity index (χ4v) is 2.45. The van der Waals surface area contributed by atoms with Crippen LogP contribution in [-0.2, 0) is 0 Å². The summed E-state index contributed by atoms with van der Waals surface area (Å²) >= 11 is 0. The van der Waals surface area contributed by atoms with Crippen LogP contribution < -0.4 is 5.43 Å². The number of nitrogens with one attached hydrogen (secondary N) is 1. The first kappa shape index (κ1) is 9.48. The molecule has 0 amide bonds. The number of fused-ring (bicyclic) bond motifs is 4. The van der Waals surface area contributed by atoms with Crippen LogP contribution in [0.5, 0.6) is 0 Å². The maximum atomic E-state index is 4.33. The second kappa shape index (κ2) is 3.23. The van der Waals surface area contributed by atoms with Crippen molar-refractivity contribution in [3.8, 4) is 0 Å². The Morgan fingerprint density at radius 3 is 2.72 bits per heavy atom. The molecule has 2 aliphatic heterocycles. The van der Waals surface area contributed by atoms with E-state index in [-0.39, 0.29) is 0 Å². The predicted molar refractivity (Wildman–Crippen MR) is 73.6 cm³/mol. The molecular formula is C15H11N3. The highest BCUT2D eigenvalue weighted by atomic mass is 15.5. The molecule has 3 nitrogen and oxygen atoms in total. The van der Waals surface area contributed by atoms with Gasteiger partial charge in [-0.25, -0.2) is 0 Å². The third-order valence-electron chi connectivity index (χ3n) is 3.37. The Bertz CT molecular complexity index is 740. The fourth-order valence-electron chi connectivity index (χ4n) is 2.45. The number of benzene rings is 2. The summed E-state index contributed by atoms with van der Waals surface area (Å²) in [6.45, 7) is 3.92. The molecule has 4 rings (SSSR count). The van der Waals surface area contributed by atoms with Gasteiger partial charge in [-0.3, -0.25) is 10.3 Å². The van der Waals surface area contributed by atoms with E-state index in [0.717, 1.165) is 17.2 Å². The van der Waals surface area contributed by atoms with Crippen molar-refractivity contribution in [2.45, 2.75) is 0 Å². The van der Waals surface area contributed by atoms with Gasteiger partial charge in [0.25, 0.3) is 0 Å². The molecule has 0 spiro atoms. The molecule has 0 saturated carbocycles. The largest absolute Gasteiger partial charge is 0.285 e. The summed E-state index contributed by atoms with van der Waals surface area (Å²) in [5, 5.41) is 6.81. The van der Waals surface area contributed by atoms with E-state index < -0.39 is 0 Å². The Morgan fingerprint density at radius 2 is 1.89 bits per heavy atom. The molecule has 0 aliphatic carbocycles. The van der Waals surface area contributed by atoms with Crippen LogP contribution in [0.15, 0.2) is 60.1 Å². The van der Waals surface area contributed by atoms with Gasteiger partial charge in [-0.05, 0) is 34.5 Å². The molecule has 3 heteroatoms. The topological polar surface area (TPSA) is 27.6 Å². The Hall–Kier alpha value is -2.55. The first-order chi connectivity index (χ1) is 8.83. The zero-order valence-electron chi connectivity index (χ0n) is 9.72. The van der Waals surface area contributed by atoms with E-state index >= 15 is 0 Å². The summed E-state index contributed by atoms with van der Waals surface area (Å²) in [6.07, 6.45) is 4.09. The van der Waals surface area contributed by atoms with Gasteiger partial charge in [0.05, 0.1) is 0 Å². The first-order valence-electron chi connectivity index (χ1n) is 5.86. The van der Waals surface area contributed by atoms with Crippen molar-refractivity contribution in [2.24, 2.45) is 5.10 Å². The molecule has 86 valence electrons. The van der Waals surface area contributed by atoms with Crippen molar-refractivity contribution in [3.63, 3.8) is 0 Å². The highest BCUT2D eigenvalue weighted by Crippen LogP contribution is 2.28. The fraction of sp³-hybridized carbons (Fsp3) is 0. The molecule has 0 fully saturated rings. The van der Waals surface area contributed by atoms with Crippen LogP contribution in [-0.4, -0.2) is 10.7 Å². The van der Waals surface area contributed by atoms with Crippen LogP contribution in [0, 0.1) is 0 Å². The molecule has 0 radical (unpaired) electrons. The van der Waals surface area contributed by atoms with Crippen LogP contribution in [0.2, 0.25) is 0 Å². The van der Waals surface area contributed by atoms with Gasteiger partial charge >= 0.3 is 0 Å². The van der Waals surface area contributed by atoms with Gasteiger partial charge in [-0.2, -0.15) is 5.10 Å². The molecule has 2 aromatic rings. The molecular weight excluding hydrogens is 222 g/mol. The van der Waals surface area contributed by atoms with Gasteiger partial charge in [0, 0.05) is 11.8 Å². The van der Waals surface area contributed by atoms with E-state index in [9.17, 15) is 0 Å². The summed E-state index contributed by atoms with van der Waals surface area (Å²) < 4.78 is 0. The molecule has 0 saturated heterocycles. The van der Waals surface area contributed by atoms with Crippen LogP contribution in [0.4, 0.5) is 0 Å². The standard InChI is InChI=1S/C15H11N3/c1-10-16-17-15-14-9-12-5-3-2-4-11(12)8-13(14)6-7-18(10)15/h2-9,16H,1H2. The van der Waals surface area contributed by atoms with Crippen molar-refractivity contribution in [1.29, 1.82) is 0 Å². The van der Waals surface area contributed by atoms with Crippen molar-refractivity contribution < 1.29 is 0 Å². The summed E-state index contributed by atoms with van der Waals surface area (Å²) in [6, 6.07) is 12.7. The van der Waals surface area contributed by atoms with E-state index in [1.807, 2.05) is 11.1 Å². The lowest BCUT2D eigenvalue weighted by Crippen LogP contribution is -2.25. The quantitative estimate of drug-likeness (QED) is 0.757. The third-order valence-corrected chi connectivity index (χ3v) is 3.37. The lowest BCUT2D eigenvalue weighted by atomic mass is 9.98. The SMILES string of the molecule is C=C1NN=C2c3cc4ccccc4cc3C=CN12. The van der Waals surface area contributed by atoms with Gasteiger partial charge in [-0.1, -0.05) is 30.8 Å². The second-order valence-electron chi connectivity index (χ2n) is 4.47. The molecule has 1 N–H and O–H groups in total. The van der Waals surface area contributed by atoms with Crippen molar-refractivity contribution >= 4 is 22.7 Å².